The first-order chi connectivity index (χ1) is 6.94. The van der Waals surface area contributed by atoms with Crippen LogP contribution in [0.1, 0.15) is 40.0 Å². The normalized spacial score (nSPS) is 35.3. The van der Waals surface area contributed by atoms with E-state index in [0.29, 0.717) is 5.92 Å². The third-order valence-corrected chi connectivity index (χ3v) is 3.40. The third kappa shape index (κ3) is 2.17. The zero-order valence-electron chi connectivity index (χ0n) is 9.93. The molecule has 2 rings (SSSR count). The van der Waals surface area contributed by atoms with Gasteiger partial charge in [0.2, 0.25) is 0 Å². The summed E-state index contributed by atoms with van der Waals surface area (Å²) in [5, 5.41) is 3.37. The smallest absolute Gasteiger partial charge is 0.312 e. The lowest BCUT2D eigenvalue weighted by Gasteiger charge is -2.24. The Morgan fingerprint density at radius 1 is 1.47 bits per heavy atom. The molecule has 1 aliphatic heterocycles. The van der Waals surface area contributed by atoms with Gasteiger partial charge in [0, 0.05) is 0 Å². The predicted molar refractivity (Wildman–Crippen MR) is 58.5 cm³/mol. The van der Waals surface area contributed by atoms with Crippen molar-refractivity contribution >= 4 is 5.97 Å². The van der Waals surface area contributed by atoms with E-state index in [9.17, 15) is 4.79 Å². The zero-order chi connectivity index (χ0) is 11.1. The number of esters is 1. The van der Waals surface area contributed by atoms with E-state index in [0.717, 1.165) is 32.4 Å². The third-order valence-electron chi connectivity index (χ3n) is 3.40. The average molecular weight is 211 g/mol. The Kier molecular flexibility index (Phi) is 2.53. The fourth-order valence-electron chi connectivity index (χ4n) is 2.49. The molecule has 86 valence electrons. The molecule has 2 unspecified atom stereocenters. The molecular weight excluding hydrogens is 190 g/mol. The summed E-state index contributed by atoms with van der Waals surface area (Å²) in [6, 6.07) is 0. The molecule has 1 saturated heterocycles. The van der Waals surface area contributed by atoms with Gasteiger partial charge in [0.1, 0.15) is 5.60 Å². The molecule has 2 aliphatic rings. The van der Waals surface area contributed by atoms with Crippen LogP contribution in [0.4, 0.5) is 0 Å². The van der Waals surface area contributed by atoms with Gasteiger partial charge in [-0.25, -0.2) is 0 Å². The van der Waals surface area contributed by atoms with Crippen molar-refractivity contribution in [2.24, 2.45) is 11.3 Å². The van der Waals surface area contributed by atoms with E-state index in [2.05, 4.69) is 5.32 Å². The zero-order valence-corrected chi connectivity index (χ0v) is 9.93. The maximum atomic E-state index is 12.1. The van der Waals surface area contributed by atoms with E-state index in [1.165, 1.54) is 0 Å². The molecule has 0 radical (unpaired) electrons. The van der Waals surface area contributed by atoms with Crippen molar-refractivity contribution in [2.75, 3.05) is 13.1 Å². The predicted octanol–water partition coefficient (Wildman–Crippen LogP) is 1.72. The highest BCUT2D eigenvalue weighted by Crippen LogP contribution is 2.57. The van der Waals surface area contributed by atoms with Gasteiger partial charge in [0.05, 0.1) is 5.41 Å². The number of ether oxygens (including phenoxy) is 1. The fraction of sp³-hybridized carbons (Fsp3) is 0.917. The number of carbonyl (C=O) groups excluding carboxylic acids is 1. The Hall–Kier alpha value is -0.570. The number of hydrogen-bond acceptors (Lipinski definition) is 3. The van der Waals surface area contributed by atoms with E-state index in [-0.39, 0.29) is 17.0 Å². The molecule has 0 aromatic carbocycles. The molecule has 1 heterocycles. The standard InChI is InChI=1S/C12H21NO2/c1-11(2,3)15-10(14)12-5-4-6-13-8-9(12)7-12/h9,13H,4-8H2,1-3H3. The van der Waals surface area contributed by atoms with E-state index >= 15 is 0 Å². The number of carbonyl (C=O) groups is 1. The second-order valence-electron chi connectivity index (χ2n) is 5.87. The minimum absolute atomic E-state index is 0.0312. The van der Waals surface area contributed by atoms with E-state index in [4.69, 9.17) is 4.74 Å². The largest absolute Gasteiger partial charge is 0.460 e. The monoisotopic (exact) mass is 211 g/mol. The molecule has 15 heavy (non-hydrogen) atoms. The number of rotatable bonds is 1. The minimum Gasteiger partial charge on any atom is -0.460 e. The number of fused-ring (bicyclic) bond motifs is 1. The van der Waals surface area contributed by atoms with Gasteiger partial charge in [0.15, 0.2) is 0 Å². The second kappa shape index (κ2) is 3.48. The van der Waals surface area contributed by atoms with Crippen molar-refractivity contribution in [3.05, 3.63) is 0 Å². The molecule has 0 bridgehead atoms. The van der Waals surface area contributed by atoms with E-state index < -0.39 is 0 Å². The fourth-order valence-corrected chi connectivity index (χ4v) is 2.49. The highest BCUT2D eigenvalue weighted by molar-refractivity contribution is 5.81. The van der Waals surface area contributed by atoms with Crippen LogP contribution in [-0.2, 0) is 9.53 Å². The van der Waals surface area contributed by atoms with Crippen LogP contribution in [0, 0.1) is 11.3 Å². The second-order valence-corrected chi connectivity index (χ2v) is 5.87. The van der Waals surface area contributed by atoms with Crippen molar-refractivity contribution in [1.82, 2.24) is 5.32 Å². The molecule has 0 amide bonds. The van der Waals surface area contributed by atoms with Gasteiger partial charge in [-0.3, -0.25) is 4.79 Å². The average Bonchev–Trinajstić information content (AvgIpc) is 2.72. The van der Waals surface area contributed by atoms with Crippen LogP contribution in [0.5, 0.6) is 0 Å². The first-order valence-electron chi connectivity index (χ1n) is 5.88. The number of hydrogen-bond donors (Lipinski definition) is 1. The summed E-state index contributed by atoms with van der Waals surface area (Å²) in [4.78, 5) is 12.1. The van der Waals surface area contributed by atoms with Crippen LogP contribution in [0.25, 0.3) is 0 Å². The topological polar surface area (TPSA) is 38.3 Å². The Morgan fingerprint density at radius 3 is 2.87 bits per heavy atom. The van der Waals surface area contributed by atoms with Gasteiger partial charge in [-0.2, -0.15) is 0 Å². The molecule has 3 nitrogen and oxygen atoms in total. The molecule has 2 fully saturated rings. The van der Waals surface area contributed by atoms with Crippen LogP contribution in [0.15, 0.2) is 0 Å². The summed E-state index contributed by atoms with van der Waals surface area (Å²) in [5.74, 6) is 0.554. The van der Waals surface area contributed by atoms with Crippen LogP contribution in [-0.4, -0.2) is 24.7 Å². The Morgan fingerprint density at radius 2 is 2.20 bits per heavy atom. The Bertz CT molecular complexity index is 269. The molecule has 0 spiro atoms. The van der Waals surface area contributed by atoms with Crippen LogP contribution in [0.2, 0.25) is 0 Å². The van der Waals surface area contributed by atoms with Crippen molar-refractivity contribution < 1.29 is 9.53 Å². The quantitative estimate of drug-likeness (QED) is 0.671. The van der Waals surface area contributed by atoms with Crippen LogP contribution < -0.4 is 5.32 Å². The molecule has 2 atom stereocenters. The molecule has 0 aromatic rings. The summed E-state index contributed by atoms with van der Waals surface area (Å²) in [6.07, 6.45) is 3.12. The van der Waals surface area contributed by atoms with E-state index in [1.807, 2.05) is 20.8 Å². The summed E-state index contributed by atoms with van der Waals surface area (Å²) in [5.41, 5.74) is -0.477. The Balaban J connectivity index is 2.01. The van der Waals surface area contributed by atoms with Crippen molar-refractivity contribution in [2.45, 2.75) is 45.6 Å². The summed E-state index contributed by atoms with van der Waals surface area (Å²) < 4.78 is 5.51. The highest BCUT2D eigenvalue weighted by Gasteiger charge is 2.61. The first kappa shape index (κ1) is 10.9. The first-order valence-corrected chi connectivity index (χ1v) is 5.88. The number of nitrogens with one attached hydrogen (secondary N) is 1. The lowest BCUT2D eigenvalue weighted by molar-refractivity contribution is -0.162. The van der Waals surface area contributed by atoms with Gasteiger partial charge in [0.25, 0.3) is 0 Å². The molecule has 1 N–H and O–H groups in total. The molecular formula is C12H21NO2. The molecule has 1 aliphatic carbocycles. The minimum atomic E-state index is -0.349. The maximum absolute atomic E-state index is 12.1. The van der Waals surface area contributed by atoms with Crippen molar-refractivity contribution in [1.29, 1.82) is 0 Å². The van der Waals surface area contributed by atoms with E-state index in [1.54, 1.807) is 0 Å². The van der Waals surface area contributed by atoms with Gasteiger partial charge in [-0.1, -0.05) is 0 Å². The molecule has 0 aromatic heterocycles. The lowest BCUT2D eigenvalue weighted by Crippen LogP contribution is -2.31. The van der Waals surface area contributed by atoms with Crippen LogP contribution in [0.3, 0.4) is 0 Å². The van der Waals surface area contributed by atoms with Gasteiger partial charge in [-0.15, -0.1) is 0 Å². The molecule has 1 saturated carbocycles. The van der Waals surface area contributed by atoms with Crippen LogP contribution >= 0.6 is 0 Å². The molecule has 3 heteroatoms. The summed E-state index contributed by atoms with van der Waals surface area (Å²) in [7, 11) is 0. The highest BCUT2D eigenvalue weighted by atomic mass is 16.6. The SMILES string of the molecule is CC(C)(C)OC(=O)C12CCCNCC1C2. The summed E-state index contributed by atoms with van der Waals surface area (Å²) >= 11 is 0. The van der Waals surface area contributed by atoms with Gasteiger partial charge < -0.3 is 10.1 Å². The Labute approximate surface area is 91.6 Å². The summed E-state index contributed by atoms with van der Waals surface area (Å²) in [6.45, 7) is 7.84. The van der Waals surface area contributed by atoms with Gasteiger partial charge in [-0.05, 0) is 59.0 Å². The van der Waals surface area contributed by atoms with Crippen molar-refractivity contribution in [3.8, 4) is 0 Å². The van der Waals surface area contributed by atoms with Crippen molar-refractivity contribution in [3.63, 3.8) is 0 Å². The maximum Gasteiger partial charge on any atom is 0.312 e. The lowest BCUT2D eigenvalue weighted by atomic mass is 9.97. The van der Waals surface area contributed by atoms with Gasteiger partial charge >= 0.3 is 5.97 Å².